The summed E-state index contributed by atoms with van der Waals surface area (Å²) in [6, 6.07) is 6.48. The number of hydrogen-bond acceptors (Lipinski definition) is 2. The number of benzene rings is 1. The molecule has 0 aliphatic heterocycles. The molecule has 0 bridgehead atoms. The van der Waals surface area contributed by atoms with Crippen LogP contribution in [0.15, 0.2) is 24.3 Å². The highest BCUT2D eigenvalue weighted by Crippen LogP contribution is 2.23. The van der Waals surface area contributed by atoms with Crippen molar-refractivity contribution in [3.8, 4) is 0 Å². The molecule has 0 saturated heterocycles. The molecule has 0 aliphatic carbocycles. The van der Waals surface area contributed by atoms with Crippen LogP contribution in [0.4, 0.5) is 10.1 Å². The van der Waals surface area contributed by atoms with E-state index in [0.717, 1.165) is 12.2 Å². The maximum atomic E-state index is 13.2. The van der Waals surface area contributed by atoms with Gasteiger partial charge in [0, 0.05) is 24.2 Å². The summed E-state index contributed by atoms with van der Waals surface area (Å²) in [6.07, 6.45) is 0. The van der Waals surface area contributed by atoms with E-state index in [1.807, 2.05) is 31.7 Å². The third kappa shape index (κ3) is 3.55. The fourth-order valence-corrected chi connectivity index (χ4v) is 1.65. The lowest BCUT2D eigenvalue weighted by molar-refractivity contribution is -0.124. The van der Waals surface area contributed by atoms with E-state index in [-0.39, 0.29) is 11.6 Å². The van der Waals surface area contributed by atoms with Crippen molar-refractivity contribution in [2.24, 2.45) is 5.41 Å². The van der Waals surface area contributed by atoms with Gasteiger partial charge in [-0.15, -0.1) is 0 Å². The van der Waals surface area contributed by atoms with E-state index in [9.17, 15) is 9.18 Å². The molecule has 0 unspecified atom stereocenters. The highest BCUT2D eigenvalue weighted by atomic mass is 19.1. The lowest BCUT2D eigenvalue weighted by atomic mass is 9.88. The Morgan fingerprint density at radius 1 is 1.41 bits per heavy atom. The van der Waals surface area contributed by atoms with Gasteiger partial charge < -0.3 is 4.90 Å². The Hall–Kier alpha value is -1.38. The summed E-state index contributed by atoms with van der Waals surface area (Å²) < 4.78 is 13.2. The second-order valence-electron chi connectivity index (χ2n) is 4.93. The Morgan fingerprint density at radius 3 is 2.53 bits per heavy atom. The summed E-state index contributed by atoms with van der Waals surface area (Å²) in [7, 11) is 0. The average molecular weight is 237 g/mol. The van der Waals surface area contributed by atoms with Crippen molar-refractivity contribution in [2.75, 3.05) is 18.0 Å². The molecule has 0 N–H and O–H groups in total. The fraction of sp³-hybridized carbons (Fsp3) is 0.500. The van der Waals surface area contributed by atoms with Crippen molar-refractivity contribution < 1.29 is 9.18 Å². The summed E-state index contributed by atoms with van der Waals surface area (Å²) >= 11 is 0. The van der Waals surface area contributed by atoms with Crippen molar-refractivity contribution in [1.29, 1.82) is 0 Å². The molecule has 94 valence electrons. The minimum Gasteiger partial charge on any atom is -0.371 e. The van der Waals surface area contributed by atoms with Crippen LogP contribution in [-0.4, -0.2) is 18.9 Å². The van der Waals surface area contributed by atoms with E-state index in [4.69, 9.17) is 0 Å². The Labute approximate surface area is 102 Å². The van der Waals surface area contributed by atoms with E-state index < -0.39 is 5.41 Å². The van der Waals surface area contributed by atoms with Gasteiger partial charge in [0.25, 0.3) is 0 Å². The maximum absolute atomic E-state index is 13.2. The Morgan fingerprint density at radius 2 is 2.06 bits per heavy atom. The van der Waals surface area contributed by atoms with E-state index in [1.54, 1.807) is 13.0 Å². The van der Waals surface area contributed by atoms with Gasteiger partial charge in [0.05, 0.1) is 0 Å². The summed E-state index contributed by atoms with van der Waals surface area (Å²) in [5.41, 5.74) is 0.407. The maximum Gasteiger partial charge on any atom is 0.137 e. The number of nitrogens with zero attached hydrogens (tertiary/aromatic N) is 1. The summed E-state index contributed by atoms with van der Waals surface area (Å²) in [5, 5.41) is 0. The zero-order chi connectivity index (χ0) is 13.1. The Balaban J connectivity index is 2.90. The van der Waals surface area contributed by atoms with Crippen LogP contribution < -0.4 is 4.90 Å². The molecule has 0 saturated carbocycles. The van der Waals surface area contributed by atoms with Crippen molar-refractivity contribution in [3.05, 3.63) is 30.1 Å². The summed E-state index contributed by atoms with van der Waals surface area (Å²) in [4.78, 5) is 13.5. The lowest BCUT2D eigenvalue weighted by Gasteiger charge is -2.31. The topological polar surface area (TPSA) is 20.3 Å². The molecule has 0 fully saturated rings. The quantitative estimate of drug-likeness (QED) is 0.783. The van der Waals surface area contributed by atoms with Gasteiger partial charge in [0.15, 0.2) is 0 Å². The van der Waals surface area contributed by atoms with Gasteiger partial charge in [-0.25, -0.2) is 4.39 Å². The van der Waals surface area contributed by atoms with Crippen LogP contribution in [0.3, 0.4) is 0 Å². The molecule has 3 heteroatoms. The zero-order valence-electron chi connectivity index (χ0n) is 11.0. The largest absolute Gasteiger partial charge is 0.371 e. The van der Waals surface area contributed by atoms with E-state index >= 15 is 0 Å². The number of halogens is 1. The second kappa shape index (κ2) is 5.30. The first-order valence-corrected chi connectivity index (χ1v) is 5.88. The molecular weight excluding hydrogens is 217 g/mol. The number of ketones is 1. The summed E-state index contributed by atoms with van der Waals surface area (Å²) in [5.74, 6) is -0.103. The summed E-state index contributed by atoms with van der Waals surface area (Å²) in [6.45, 7) is 8.78. The monoisotopic (exact) mass is 237 g/mol. The number of anilines is 1. The molecule has 1 aromatic carbocycles. The molecule has 2 nitrogen and oxygen atoms in total. The standard InChI is InChI=1S/C14H20FNO/c1-5-16(10-14(3,4)11(2)17)13-8-6-7-12(15)9-13/h6-9H,5,10H2,1-4H3. The molecular formula is C14H20FNO. The Kier molecular flexibility index (Phi) is 4.27. The molecule has 0 aromatic heterocycles. The van der Waals surface area contributed by atoms with Gasteiger partial charge in [0.1, 0.15) is 11.6 Å². The average Bonchev–Trinajstić information content (AvgIpc) is 2.25. The first kappa shape index (κ1) is 13.7. The van der Waals surface area contributed by atoms with Crippen molar-refractivity contribution in [3.63, 3.8) is 0 Å². The lowest BCUT2D eigenvalue weighted by Crippen LogP contribution is -2.38. The third-order valence-corrected chi connectivity index (χ3v) is 3.09. The normalized spacial score (nSPS) is 11.4. The van der Waals surface area contributed by atoms with E-state index in [2.05, 4.69) is 0 Å². The zero-order valence-corrected chi connectivity index (χ0v) is 11.0. The van der Waals surface area contributed by atoms with Crippen LogP contribution >= 0.6 is 0 Å². The molecule has 1 rings (SSSR count). The number of Topliss-reactive ketones (excluding diaryl/α,β-unsaturated/α-hetero) is 1. The smallest absolute Gasteiger partial charge is 0.137 e. The van der Waals surface area contributed by atoms with Gasteiger partial charge in [-0.2, -0.15) is 0 Å². The molecule has 1 aromatic rings. The van der Waals surface area contributed by atoms with E-state index in [0.29, 0.717) is 6.54 Å². The van der Waals surface area contributed by atoms with Crippen molar-refractivity contribution in [2.45, 2.75) is 27.7 Å². The first-order chi connectivity index (χ1) is 7.86. The van der Waals surface area contributed by atoms with Gasteiger partial charge in [0.2, 0.25) is 0 Å². The fourth-order valence-electron chi connectivity index (χ4n) is 1.65. The molecule has 0 aliphatic rings. The van der Waals surface area contributed by atoms with Crippen LogP contribution in [0.2, 0.25) is 0 Å². The molecule has 0 heterocycles. The molecule has 0 spiro atoms. The number of hydrogen-bond donors (Lipinski definition) is 0. The molecule has 0 radical (unpaired) electrons. The minimum absolute atomic E-state index is 0.146. The number of carbonyl (C=O) groups is 1. The highest BCUT2D eigenvalue weighted by Gasteiger charge is 2.26. The van der Waals surface area contributed by atoms with E-state index in [1.165, 1.54) is 12.1 Å². The van der Waals surface area contributed by atoms with Crippen molar-refractivity contribution >= 4 is 11.5 Å². The third-order valence-electron chi connectivity index (χ3n) is 3.09. The van der Waals surface area contributed by atoms with Crippen LogP contribution in [0.1, 0.15) is 27.7 Å². The SMILES string of the molecule is CCN(CC(C)(C)C(C)=O)c1cccc(F)c1. The van der Waals surface area contributed by atoms with Crippen LogP contribution in [0.25, 0.3) is 0 Å². The minimum atomic E-state index is -0.414. The van der Waals surface area contributed by atoms with Crippen LogP contribution in [0.5, 0.6) is 0 Å². The predicted octanol–water partition coefficient (Wildman–Crippen LogP) is 3.27. The van der Waals surface area contributed by atoms with Gasteiger partial charge >= 0.3 is 0 Å². The van der Waals surface area contributed by atoms with Gasteiger partial charge in [-0.3, -0.25) is 4.79 Å². The molecule has 0 atom stereocenters. The second-order valence-corrected chi connectivity index (χ2v) is 4.93. The molecule has 0 amide bonds. The number of carbonyl (C=O) groups excluding carboxylic acids is 1. The van der Waals surface area contributed by atoms with Gasteiger partial charge in [-0.1, -0.05) is 19.9 Å². The van der Waals surface area contributed by atoms with Gasteiger partial charge in [-0.05, 0) is 32.0 Å². The molecule has 17 heavy (non-hydrogen) atoms. The predicted molar refractivity (Wildman–Crippen MR) is 68.7 cm³/mol. The van der Waals surface area contributed by atoms with Crippen LogP contribution in [0, 0.1) is 11.2 Å². The Bertz CT molecular complexity index is 401. The number of rotatable bonds is 5. The van der Waals surface area contributed by atoms with Crippen molar-refractivity contribution in [1.82, 2.24) is 0 Å². The first-order valence-electron chi connectivity index (χ1n) is 5.88. The highest BCUT2D eigenvalue weighted by molar-refractivity contribution is 5.82. The van der Waals surface area contributed by atoms with Crippen LogP contribution in [-0.2, 0) is 4.79 Å².